The van der Waals surface area contributed by atoms with Gasteiger partial charge in [0.1, 0.15) is 5.39 Å². The number of rotatable bonds is 6. The van der Waals surface area contributed by atoms with Gasteiger partial charge < -0.3 is 10.6 Å². The lowest BCUT2D eigenvalue weighted by Gasteiger charge is -2.09. The third-order valence-electron chi connectivity index (χ3n) is 4.53. The number of carbonyl (C=O) groups is 1. The second-order valence-corrected chi connectivity index (χ2v) is 6.62. The molecular formula is C21H20N6O2. The highest BCUT2D eigenvalue weighted by Crippen LogP contribution is 2.18. The van der Waals surface area contributed by atoms with Gasteiger partial charge in [0.25, 0.3) is 5.56 Å². The maximum atomic E-state index is 12.4. The molecule has 0 aliphatic rings. The van der Waals surface area contributed by atoms with Crippen LogP contribution >= 0.6 is 0 Å². The highest BCUT2D eigenvalue weighted by Gasteiger charge is 2.09. The molecule has 2 aromatic carbocycles. The first-order chi connectivity index (χ1) is 14.1. The lowest BCUT2D eigenvalue weighted by Crippen LogP contribution is -2.23. The van der Waals surface area contributed by atoms with E-state index in [4.69, 9.17) is 0 Å². The molecule has 4 rings (SSSR count). The number of nitrogens with zero attached hydrogens (tertiary/aromatic N) is 4. The lowest BCUT2D eigenvalue weighted by molar-refractivity contribution is -0.116. The number of nitrogens with one attached hydrogen (secondary N) is 2. The van der Waals surface area contributed by atoms with Crippen molar-refractivity contribution < 1.29 is 4.79 Å². The van der Waals surface area contributed by atoms with Crippen molar-refractivity contribution in [1.29, 1.82) is 0 Å². The Bertz CT molecular complexity index is 1200. The number of fused-ring (bicyclic) bond motifs is 1. The molecule has 0 saturated carbocycles. The summed E-state index contributed by atoms with van der Waals surface area (Å²) in [7, 11) is 1.73. The third kappa shape index (κ3) is 4.16. The van der Waals surface area contributed by atoms with Crippen LogP contribution in [0.2, 0.25) is 0 Å². The molecule has 0 bridgehead atoms. The zero-order chi connectivity index (χ0) is 20.2. The molecule has 0 aliphatic heterocycles. The Morgan fingerprint density at radius 2 is 1.69 bits per heavy atom. The third-order valence-corrected chi connectivity index (χ3v) is 4.53. The minimum absolute atomic E-state index is 0.164. The predicted octanol–water partition coefficient (Wildman–Crippen LogP) is 2.90. The van der Waals surface area contributed by atoms with Gasteiger partial charge in [-0.15, -0.1) is 0 Å². The zero-order valence-corrected chi connectivity index (χ0v) is 15.9. The van der Waals surface area contributed by atoms with Crippen LogP contribution in [0.1, 0.15) is 6.42 Å². The number of hydrogen-bond acceptors (Lipinski definition) is 5. The highest BCUT2D eigenvalue weighted by molar-refractivity contribution is 5.90. The Kier molecular flexibility index (Phi) is 5.07. The van der Waals surface area contributed by atoms with E-state index in [2.05, 4.69) is 20.7 Å². The van der Waals surface area contributed by atoms with Crippen molar-refractivity contribution in [2.75, 3.05) is 10.6 Å². The van der Waals surface area contributed by atoms with E-state index in [1.807, 2.05) is 54.6 Å². The molecule has 4 aromatic rings. The molecule has 0 fully saturated rings. The predicted molar refractivity (Wildman–Crippen MR) is 112 cm³/mol. The van der Waals surface area contributed by atoms with Crippen molar-refractivity contribution in [2.24, 2.45) is 7.05 Å². The van der Waals surface area contributed by atoms with Crippen LogP contribution in [0.5, 0.6) is 0 Å². The van der Waals surface area contributed by atoms with Crippen molar-refractivity contribution in [2.45, 2.75) is 13.0 Å². The van der Waals surface area contributed by atoms with E-state index in [9.17, 15) is 9.59 Å². The van der Waals surface area contributed by atoms with Gasteiger partial charge in [0, 0.05) is 37.1 Å². The fraction of sp³-hybridized carbons (Fsp3) is 0.143. The summed E-state index contributed by atoms with van der Waals surface area (Å²) in [6.45, 7) is 0.246. The van der Waals surface area contributed by atoms with Crippen LogP contribution in [-0.2, 0) is 18.4 Å². The van der Waals surface area contributed by atoms with Gasteiger partial charge in [-0.25, -0.2) is 4.98 Å². The molecule has 0 atom stereocenters. The number of hydrogen-bond donors (Lipinski definition) is 2. The number of benzene rings is 2. The Morgan fingerprint density at radius 1 is 1.00 bits per heavy atom. The molecule has 2 heterocycles. The van der Waals surface area contributed by atoms with Crippen LogP contribution in [0.4, 0.5) is 17.1 Å². The van der Waals surface area contributed by atoms with Gasteiger partial charge in [0.2, 0.25) is 5.91 Å². The van der Waals surface area contributed by atoms with E-state index >= 15 is 0 Å². The van der Waals surface area contributed by atoms with Gasteiger partial charge in [0.15, 0.2) is 5.65 Å². The number of para-hydroxylation sites is 1. The van der Waals surface area contributed by atoms with E-state index in [0.717, 1.165) is 11.4 Å². The largest absolute Gasteiger partial charge is 0.356 e. The number of carbonyl (C=O) groups excluding carboxylic acids is 1. The maximum Gasteiger partial charge on any atom is 0.264 e. The minimum Gasteiger partial charge on any atom is -0.356 e. The summed E-state index contributed by atoms with van der Waals surface area (Å²) in [6.07, 6.45) is 3.10. The van der Waals surface area contributed by atoms with Crippen LogP contribution in [-0.4, -0.2) is 25.2 Å². The number of aromatic nitrogens is 4. The van der Waals surface area contributed by atoms with Gasteiger partial charge in [0.05, 0.1) is 12.5 Å². The van der Waals surface area contributed by atoms with Crippen LogP contribution in [0.25, 0.3) is 11.0 Å². The quantitative estimate of drug-likeness (QED) is 0.530. The van der Waals surface area contributed by atoms with Crippen LogP contribution in [0, 0.1) is 0 Å². The zero-order valence-electron chi connectivity index (χ0n) is 15.9. The Balaban J connectivity index is 1.35. The first-order valence-corrected chi connectivity index (χ1v) is 9.19. The first kappa shape index (κ1) is 18.4. The summed E-state index contributed by atoms with van der Waals surface area (Å²) >= 11 is 0. The molecule has 1 amide bonds. The summed E-state index contributed by atoms with van der Waals surface area (Å²) < 4.78 is 2.97. The first-order valence-electron chi connectivity index (χ1n) is 9.19. The summed E-state index contributed by atoms with van der Waals surface area (Å²) in [5, 5.41) is 10.6. The van der Waals surface area contributed by atoms with Crippen molar-refractivity contribution in [3.63, 3.8) is 0 Å². The van der Waals surface area contributed by atoms with Gasteiger partial charge in [-0.1, -0.05) is 18.2 Å². The van der Waals surface area contributed by atoms with Crippen LogP contribution in [0.3, 0.4) is 0 Å². The highest BCUT2D eigenvalue weighted by atomic mass is 16.2. The van der Waals surface area contributed by atoms with Crippen molar-refractivity contribution >= 4 is 34.0 Å². The van der Waals surface area contributed by atoms with Crippen molar-refractivity contribution in [3.05, 3.63) is 77.5 Å². The van der Waals surface area contributed by atoms with E-state index in [-0.39, 0.29) is 24.4 Å². The monoisotopic (exact) mass is 388 g/mol. The van der Waals surface area contributed by atoms with Crippen molar-refractivity contribution in [1.82, 2.24) is 19.3 Å². The molecule has 8 heteroatoms. The topological polar surface area (TPSA) is 93.8 Å². The minimum atomic E-state index is -0.202. The second kappa shape index (κ2) is 7.97. The van der Waals surface area contributed by atoms with Crippen molar-refractivity contribution in [3.8, 4) is 0 Å². The Hall–Kier alpha value is -3.94. The van der Waals surface area contributed by atoms with Gasteiger partial charge in [-0.05, 0) is 36.4 Å². The standard InChI is InChI=1S/C21H20N6O2/c1-26-20-18(13-23-26)21(29)27(14-22-20)12-11-19(28)25-17-9-7-16(8-10-17)24-15-5-3-2-4-6-15/h2-10,13-14,24H,11-12H2,1H3,(H,25,28). The molecule has 2 N–H and O–H groups in total. The van der Waals surface area contributed by atoms with E-state index in [1.165, 1.54) is 17.1 Å². The Labute approximate surface area is 166 Å². The van der Waals surface area contributed by atoms with Gasteiger partial charge >= 0.3 is 0 Å². The summed E-state index contributed by atoms with van der Waals surface area (Å²) in [5.74, 6) is -0.174. The molecule has 2 aromatic heterocycles. The molecule has 146 valence electrons. The molecular weight excluding hydrogens is 368 g/mol. The Morgan fingerprint density at radius 3 is 2.45 bits per heavy atom. The number of anilines is 3. The van der Waals surface area contributed by atoms with E-state index < -0.39 is 0 Å². The smallest absolute Gasteiger partial charge is 0.264 e. The average molecular weight is 388 g/mol. The van der Waals surface area contributed by atoms with Crippen LogP contribution in [0.15, 0.2) is 71.9 Å². The SMILES string of the molecule is Cn1ncc2c(=O)n(CCC(=O)Nc3ccc(Nc4ccccc4)cc3)cnc21. The normalized spacial score (nSPS) is 10.8. The van der Waals surface area contributed by atoms with Gasteiger partial charge in [-0.3, -0.25) is 18.8 Å². The van der Waals surface area contributed by atoms with Crippen LogP contribution < -0.4 is 16.2 Å². The second-order valence-electron chi connectivity index (χ2n) is 6.62. The van der Waals surface area contributed by atoms with Gasteiger partial charge in [-0.2, -0.15) is 5.10 Å². The maximum absolute atomic E-state index is 12.4. The summed E-state index contributed by atoms with van der Waals surface area (Å²) in [5.41, 5.74) is 2.94. The molecule has 0 spiro atoms. The van der Waals surface area contributed by atoms with E-state index in [0.29, 0.717) is 16.7 Å². The molecule has 0 aliphatic carbocycles. The lowest BCUT2D eigenvalue weighted by atomic mass is 10.2. The summed E-state index contributed by atoms with van der Waals surface area (Å²) in [6, 6.07) is 17.3. The number of amides is 1. The molecule has 0 unspecified atom stereocenters. The molecule has 0 radical (unpaired) electrons. The fourth-order valence-corrected chi connectivity index (χ4v) is 3.00. The number of aryl methyl sites for hydroxylation is 2. The average Bonchev–Trinajstić information content (AvgIpc) is 3.11. The molecule has 0 saturated heterocycles. The molecule has 8 nitrogen and oxygen atoms in total. The fourth-order valence-electron chi connectivity index (χ4n) is 3.00. The summed E-state index contributed by atoms with van der Waals surface area (Å²) in [4.78, 5) is 28.9. The van der Waals surface area contributed by atoms with E-state index in [1.54, 1.807) is 11.7 Å². The molecule has 29 heavy (non-hydrogen) atoms.